The van der Waals surface area contributed by atoms with Crippen molar-refractivity contribution in [2.75, 3.05) is 17.7 Å². The second-order valence-electron chi connectivity index (χ2n) is 7.00. The van der Waals surface area contributed by atoms with Gasteiger partial charge in [0, 0.05) is 18.0 Å². The fourth-order valence-corrected chi connectivity index (χ4v) is 3.39. The molecule has 3 aromatic rings. The lowest BCUT2D eigenvalue weighted by Crippen LogP contribution is -2.22. The number of fused-ring (bicyclic) bond motifs is 1. The van der Waals surface area contributed by atoms with Crippen LogP contribution in [0.2, 0.25) is 5.02 Å². The SMILES string of the molecule is CCCC(CCO)Nc1nc(N)nc2ccc(Oc3ccc(C(F)(F)F)cc3Cl)cc12. The standard InChI is InChI=1S/C21H22ClF3N4O2/c1-2-3-13(8-9-30)27-19-15-11-14(5-6-17(15)28-20(26)29-19)31-18-7-4-12(10-16(18)22)21(23,24)25/h4-7,10-11,13,30H,2-3,8-9H2,1H3,(H3,26,27,28,29). The zero-order valence-corrected chi connectivity index (χ0v) is 17.5. The molecule has 166 valence electrons. The van der Waals surface area contributed by atoms with Crippen molar-refractivity contribution in [1.82, 2.24) is 9.97 Å². The molecule has 1 atom stereocenters. The fourth-order valence-electron chi connectivity index (χ4n) is 3.17. The molecule has 0 saturated carbocycles. The van der Waals surface area contributed by atoms with E-state index >= 15 is 0 Å². The van der Waals surface area contributed by atoms with Crippen LogP contribution >= 0.6 is 11.6 Å². The summed E-state index contributed by atoms with van der Waals surface area (Å²) in [6.45, 7) is 2.06. The van der Waals surface area contributed by atoms with Crippen LogP contribution < -0.4 is 15.8 Å². The maximum Gasteiger partial charge on any atom is 0.416 e. The van der Waals surface area contributed by atoms with E-state index in [9.17, 15) is 18.3 Å². The van der Waals surface area contributed by atoms with Crippen LogP contribution in [0.15, 0.2) is 36.4 Å². The van der Waals surface area contributed by atoms with Crippen molar-refractivity contribution >= 4 is 34.3 Å². The van der Waals surface area contributed by atoms with Gasteiger partial charge in [0.05, 0.1) is 16.1 Å². The maximum absolute atomic E-state index is 12.8. The molecule has 6 nitrogen and oxygen atoms in total. The van der Waals surface area contributed by atoms with Gasteiger partial charge in [0.2, 0.25) is 5.95 Å². The average molecular weight is 455 g/mol. The number of benzene rings is 2. The van der Waals surface area contributed by atoms with E-state index in [2.05, 4.69) is 15.3 Å². The first-order valence-corrected chi connectivity index (χ1v) is 10.1. The molecule has 0 aliphatic heterocycles. The highest BCUT2D eigenvalue weighted by molar-refractivity contribution is 6.32. The molecule has 0 radical (unpaired) electrons. The van der Waals surface area contributed by atoms with Gasteiger partial charge in [0.1, 0.15) is 17.3 Å². The van der Waals surface area contributed by atoms with Crippen LogP contribution in [0.4, 0.5) is 24.9 Å². The number of ether oxygens (including phenoxy) is 1. The predicted octanol–water partition coefficient (Wildman–Crippen LogP) is 5.64. The highest BCUT2D eigenvalue weighted by Gasteiger charge is 2.31. The topological polar surface area (TPSA) is 93.3 Å². The van der Waals surface area contributed by atoms with Crippen molar-refractivity contribution in [3.8, 4) is 11.5 Å². The van der Waals surface area contributed by atoms with Crippen LogP contribution in [0.3, 0.4) is 0 Å². The van der Waals surface area contributed by atoms with E-state index in [0.717, 1.165) is 25.0 Å². The Morgan fingerprint density at radius 3 is 2.58 bits per heavy atom. The zero-order valence-electron chi connectivity index (χ0n) is 16.7. The van der Waals surface area contributed by atoms with E-state index in [1.54, 1.807) is 18.2 Å². The number of aliphatic hydroxyl groups is 1. The Kier molecular flexibility index (Phi) is 7.07. The van der Waals surface area contributed by atoms with Crippen LogP contribution in [0, 0.1) is 0 Å². The van der Waals surface area contributed by atoms with E-state index in [1.165, 1.54) is 6.07 Å². The Hall–Kier alpha value is -2.78. The molecule has 0 aliphatic carbocycles. The van der Waals surface area contributed by atoms with Crippen molar-refractivity contribution in [3.05, 3.63) is 47.0 Å². The van der Waals surface area contributed by atoms with Gasteiger partial charge in [-0.2, -0.15) is 18.2 Å². The Morgan fingerprint density at radius 2 is 1.94 bits per heavy atom. The van der Waals surface area contributed by atoms with E-state index in [0.29, 0.717) is 28.9 Å². The third-order valence-corrected chi connectivity index (χ3v) is 4.92. The van der Waals surface area contributed by atoms with Crippen LogP contribution in [0.5, 0.6) is 11.5 Å². The fraction of sp³-hybridized carbons (Fsp3) is 0.333. The van der Waals surface area contributed by atoms with Crippen molar-refractivity contribution < 1.29 is 23.0 Å². The first kappa shape index (κ1) is 22.9. The number of rotatable bonds is 8. The Morgan fingerprint density at radius 1 is 1.16 bits per heavy atom. The van der Waals surface area contributed by atoms with E-state index in [4.69, 9.17) is 22.1 Å². The summed E-state index contributed by atoms with van der Waals surface area (Å²) in [6, 6.07) is 7.83. The minimum absolute atomic E-state index is 0.0126. The number of nitrogens with two attached hydrogens (primary N) is 1. The van der Waals surface area contributed by atoms with Gasteiger partial charge in [-0.05, 0) is 49.2 Å². The number of anilines is 2. The number of aliphatic hydroxyl groups excluding tert-OH is 1. The molecule has 1 aromatic heterocycles. The number of hydrogen-bond donors (Lipinski definition) is 3. The highest BCUT2D eigenvalue weighted by atomic mass is 35.5. The van der Waals surface area contributed by atoms with Crippen LogP contribution in [0.25, 0.3) is 10.9 Å². The first-order valence-electron chi connectivity index (χ1n) is 9.70. The molecule has 1 unspecified atom stereocenters. The molecule has 0 amide bonds. The molecule has 0 fully saturated rings. The molecular weight excluding hydrogens is 433 g/mol. The van der Waals surface area contributed by atoms with E-state index in [-0.39, 0.29) is 29.4 Å². The summed E-state index contributed by atoms with van der Waals surface area (Å²) in [4.78, 5) is 8.49. The average Bonchev–Trinajstić information content (AvgIpc) is 2.69. The Labute approximate surface area is 182 Å². The second kappa shape index (κ2) is 9.57. The van der Waals surface area contributed by atoms with Gasteiger partial charge in [-0.3, -0.25) is 0 Å². The Balaban J connectivity index is 1.94. The maximum atomic E-state index is 12.8. The molecule has 31 heavy (non-hydrogen) atoms. The Bertz CT molecular complexity index is 1060. The third-order valence-electron chi connectivity index (χ3n) is 4.63. The predicted molar refractivity (Wildman–Crippen MR) is 114 cm³/mol. The van der Waals surface area contributed by atoms with Crippen LogP contribution in [0.1, 0.15) is 31.7 Å². The van der Waals surface area contributed by atoms with Crippen LogP contribution in [-0.4, -0.2) is 27.7 Å². The van der Waals surface area contributed by atoms with Gasteiger partial charge in [0.25, 0.3) is 0 Å². The molecule has 2 aromatic carbocycles. The molecule has 0 aliphatic rings. The lowest BCUT2D eigenvalue weighted by molar-refractivity contribution is -0.137. The molecule has 0 saturated heterocycles. The summed E-state index contributed by atoms with van der Waals surface area (Å²) < 4.78 is 44.3. The summed E-state index contributed by atoms with van der Waals surface area (Å²) in [7, 11) is 0. The summed E-state index contributed by atoms with van der Waals surface area (Å²) in [6.07, 6.45) is -2.22. The minimum Gasteiger partial charge on any atom is -0.456 e. The van der Waals surface area contributed by atoms with Gasteiger partial charge >= 0.3 is 6.18 Å². The number of alkyl halides is 3. The van der Waals surface area contributed by atoms with Crippen LogP contribution in [-0.2, 0) is 6.18 Å². The van der Waals surface area contributed by atoms with E-state index < -0.39 is 11.7 Å². The minimum atomic E-state index is -4.49. The summed E-state index contributed by atoms with van der Waals surface area (Å²) in [5, 5.41) is 13.1. The summed E-state index contributed by atoms with van der Waals surface area (Å²) in [5.74, 6) is 1.01. The molecule has 10 heteroatoms. The highest BCUT2D eigenvalue weighted by Crippen LogP contribution is 2.37. The number of hydrogen-bond acceptors (Lipinski definition) is 6. The molecule has 1 heterocycles. The van der Waals surface area contributed by atoms with Gasteiger partial charge in [-0.25, -0.2) is 4.98 Å². The number of nitrogens with zero attached hydrogens (tertiary/aromatic N) is 2. The second-order valence-corrected chi connectivity index (χ2v) is 7.40. The molecule has 3 rings (SSSR count). The van der Waals surface area contributed by atoms with Crippen molar-refractivity contribution in [3.63, 3.8) is 0 Å². The first-order chi connectivity index (χ1) is 14.7. The number of nitrogen functional groups attached to an aromatic ring is 1. The molecular formula is C21H22ClF3N4O2. The molecule has 4 N–H and O–H groups in total. The lowest BCUT2D eigenvalue weighted by atomic mass is 10.1. The number of aromatic nitrogens is 2. The molecule has 0 spiro atoms. The number of nitrogens with one attached hydrogen (secondary N) is 1. The van der Waals surface area contributed by atoms with Gasteiger partial charge in [0.15, 0.2) is 0 Å². The lowest BCUT2D eigenvalue weighted by Gasteiger charge is -2.19. The van der Waals surface area contributed by atoms with Gasteiger partial charge in [-0.1, -0.05) is 24.9 Å². The van der Waals surface area contributed by atoms with Crippen molar-refractivity contribution in [2.45, 2.75) is 38.4 Å². The van der Waals surface area contributed by atoms with Crippen molar-refractivity contribution in [2.24, 2.45) is 0 Å². The van der Waals surface area contributed by atoms with Gasteiger partial charge in [-0.15, -0.1) is 0 Å². The quantitative estimate of drug-likeness (QED) is 0.408. The largest absolute Gasteiger partial charge is 0.456 e. The molecule has 0 bridgehead atoms. The zero-order chi connectivity index (χ0) is 22.6. The third kappa shape index (κ3) is 5.68. The van der Waals surface area contributed by atoms with E-state index in [1.807, 2.05) is 6.92 Å². The van der Waals surface area contributed by atoms with Gasteiger partial charge < -0.3 is 20.9 Å². The smallest absolute Gasteiger partial charge is 0.416 e. The van der Waals surface area contributed by atoms with Crippen molar-refractivity contribution in [1.29, 1.82) is 0 Å². The summed E-state index contributed by atoms with van der Waals surface area (Å²) >= 11 is 5.99. The number of halogens is 4. The monoisotopic (exact) mass is 454 g/mol. The summed E-state index contributed by atoms with van der Waals surface area (Å²) in [5.41, 5.74) is 5.54. The normalized spacial score (nSPS) is 12.7.